The van der Waals surface area contributed by atoms with Gasteiger partial charge in [-0.15, -0.1) is 0 Å². The molecule has 0 fully saturated rings. The summed E-state index contributed by atoms with van der Waals surface area (Å²) in [5.41, 5.74) is 2.55. The van der Waals surface area contributed by atoms with Crippen LogP contribution in [0.5, 0.6) is 0 Å². The molecular formula is C11H11FN2. The Hall–Kier alpha value is -1.64. The number of aliphatic imine (C=N–C) groups is 1. The summed E-state index contributed by atoms with van der Waals surface area (Å²) in [6.07, 6.45) is 0. The fraction of sp³-hybridized carbons (Fsp3) is 0.182. The lowest BCUT2D eigenvalue weighted by molar-refractivity contribution is 0.640. The highest BCUT2D eigenvalue weighted by atomic mass is 19.1. The molecule has 2 aromatic rings. The van der Waals surface area contributed by atoms with Gasteiger partial charge in [0, 0.05) is 18.0 Å². The van der Waals surface area contributed by atoms with Crippen LogP contribution in [-0.2, 0) is 0 Å². The molecule has 0 bridgehead atoms. The minimum atomic E-state index is -0.200. The van der Waals surface area contributed by atoms with Gasteiger partial charge >= 0.3 is 0 Å². The van der Waals surface area contributed by atoms with E-state index in [4.69, 9.17) is 0 Å². The van der Waals surface area contributed by atoms with Gasteiger partial charge in [0.25, 0.3) is 0 Å². The van der Waals surface area contributed by atoms with E-state index in [2.05, 4.69) is 9.98 Å². The Morgan fingerprint density at radius 1 is 1.43 bits per heavy atom. The van der Waals surface area contributed by atoms with Gasteiger partial charge in [-0.05, 0) is 25.1 Å². The number of aromatic amines is 1. The van der Waals surface area contributed by atoms with Crippen LogP contribution in [0.1, 0.15) is 12.6 Å². The molecule has 3 heteroatoms. The molecule has 14 heavy (non-hydrogen) atoms. The van der Waals surface area contributed by atoms with Crippen LogP contribution in [-0.4, -0.2) is 17.7 Å². The van der Waals surface area contributed by atoms with Crippen molar-refractivity contribution in [2.75, 3.05) is 7.05 Å². The van der Waals surface area contributed by atoms with Crippen molar-refractivity contribution in [1.29, 1.82) is 0 Å². The Balaban J connectivity index is 2.68. The fourth-order valence-electron chi connectivity index (χ4n) is 1.43. The van der Waals surface area contributed by atoms with E-state index < -0.39 is 0 Å². The average Bonchev–Trinajstić information content (AvgIpc) is 2.62. The van der Waals surface area contributed by atoms with Crippen molar-refractivity contribution in [3.63, 3.8) is 0 Å². The second-order valence-electron chi connectivity index (χ2n) is 3.19. The Labute approximate surface area is 81.5 Å². The predicted octanol–water partition coefficient (Wildman–Crippen LogP) is 2.75. The van der Waals surface area contributed by atoms with E-state index in [1.807, 2.05) is 13.0 Å². The second-order valence-corrected chi connectivity index (χ2v) is 3.19. The molecular weight excluding hydrogens is 179 g/mol. The third-order valence-electron chi connectivity index (χ3n) is 2.34. The Kier molecular flexibility index (Phi) is 2.08. The van der Waals surface area contributed by atoms with Crippen molar-refractivity contribution in [1.82, 2.24) is 4.98 Å². The molecule has 0 aliphatic rings. The van der Waals surface area contributed by atoms with Crippen LogP contribution in [0.15, 0.2) is 29.3 Å². The highest BCUT2D eigenvalue weighted by Crippen LogP contribution is 2.18. The first-order chi connectivity index (χ1) is 6.72. The summed E-state index contributed by atoms with van der Waals surface area (Å²) >= 11 is 0. The molecule has 0 aliphatic heterocycles. The molecule has 2 rings (SSSR count). The van der Waals surface area contributed by atoms with Crippen LogP contribution < -0.4 is 0 Å². The van der Waals surface area contributed by atoms with Crippen LogP contribution in [0, 0.1) is 5.82 Å². The van der Waals surface area contributed by atoms with E-state index in [1.54, 1.807) is 19.2 Å². The van der Waals surface area contributed by atoms with E-state index in [9.17, 15) is 4.39 Å². The van der Waals surface area contributed by atoms with E-state index >= 15 is 0 Å². The molecule has 0 amide bonds. The van der Waals surface area contributed by atoms with Crippen LogP contribution in [0.2, 0.25) is 0 Å². The number of hydrogen-bond acceptors (Lipinski definition) is 1. The number of aromatic nitrogens is 1. The van der Waals surface area contributed by atoms with E-state index in [-0.39, 0.29) is 5.82 Å². The lowest BCUT2D eigenvalue weighted by Gasteiger charge is -1.91. The molecule has 0 spiro atoms. The number of fused-ring (bicyclic) bond motifs is 1. The minimum absolute atomic E-state index is 0.200. The van der Waals surface area contributed by atoms with Crippen molar-refractivity contribution >= 4 is 16.6 Å². The number of hydrogen-bond donors (Lipinski definition) is 1. The number of H-pyrrole nitrogens is 1. The summed E-state index contributed by atoms with van der Waals surface area (Å²) in [7, 11) is 1.72. The van der Waals surface area contributed by atoms with E-state index in [0.717, 1.165) is 16.9 Å². The topological polar surface area (TPSA) is 28.1 Å². The molecule has 1 aromatic heterocycles. The molecule has 2 nitrogen and oxygen atoms in total. The monoisotopic (exact) mass is 190 g/mol. The fourth-order valence-corrected chi connectivity index (χ4v) is 1.43. The van der Waals surface area contributed by atoms with E-state index in [0.29, 0.717) is 5.39 Å². The molecule has 0 aliphatic carbocycles. The normalized spacial score (nSPS) is 12.4. The van der Waals surface area contributed by atoms with Crippen LogP contribution in [0.25, 0.3) is 10.9 Å². The average molecular weight is 190 g/mol. The number of benzene rings is 1. The van der Waals surface area contributed by atoms with Crippen molar-refractivity contribution in [2.45, 2.75) is 6.92 Å². The van der Waals surface area contributed by atoms with Gasteiger partial charge in [0.1, 0.15) is 5.82 Å². The van der Waals surface area contributed by atoms with E-state index in [1.165, 1.54) is 6.07 Å². The number of rotatable bonds is 1. The number of nitrogens with one attached hydrogen (secondary N) is 1. The number of nitrogens with zero attached hydrogens (tertiary/aromatic N) is 1. The van der Waals surface area contributed by atoms with Crippen LogP contribution in [0.3, 0.4) is 0 Å². The van der Waals surface area contributed by atoms with Crippen molar-refractivity contribution in [3.05, 3.63) is 35.8 Å². The SMILES string of the molecule is C/N=C(\C)c1cc2c(F)cccc2[nH]1. The molecule has 0 saturated heterocycles. The molecule has 0 atom stereocenters. The molecule has 0 saturated carbocycles. The lowest BCUT2D eigenvalue weighted by Crippen LogP contribution is -1.92. The number of halogens is 1. The van der Waals surface area contributed by atoms with Gasteiger partial charge in [0.2, 0.25) is 0 Å². The summed E-state index contributed by atoms with van der Waals surface area (Å²) in [4.78, 5) is 7.16. The largest absolute Gasteiger partial charge is 0.353 e. The lowest BCUT2D eigenvalue weighted by atomic mass is 10.2. The molecule has 0 radical (unpaired) electrons. The van der Waals surface area contributed by atoms with Crippen LogP contribution in [0.4, 0.5) is 4.39 Å². The maximum Gasteiger partial charge on any atom is 0.132 e. The highest BCUT2D eigenvalue weighted by molar-refractivity contribution is 6.01. The van der Waals surface area contributed by atoms with Crippen molar-refractivity contribution in [3.8, 4) is 0 Å². The van der Waals surface area contributed by atoms with Crippen molar-refractivity contribution in [2.24, 2.45) is 4.99 Å². The maximum atomic E-state index is 13.3. The first-order valence-electron chi connectivity index (χ1n) is 4.43. The second kappa shape index (κ2) is 3.25. The molecule has 1 N–H and O–H groups in total. The summed E-state index contributed by atoms with van der Waals surface area (Å²) in [5, 5.41) is 0.616. The summed E-state index contributed by atoms with van der Waals surface area (Å²) in [5.74, 6) is -0.200. The zero-order valence-electron chi connectivity index (χ0n) is 8.13. The molecule has 1 heterocycles. The van der Waals surface area contributed by atoms with Gasteiger partial charge in [-0.3, -0.25) is 4.99 Å². The molecule has 1 aromatic carbocycles. The quantitative estimate of drug-likeness (QED) is 0.670. The summed E-state index contributed by atoms with van der Waals surface area (Å²) in [6, 6.07) is 6.78. The smallest absolute Gasteiger partial charge is 0.132 e. The first-order valence-corrected chi connectivity index (χ1v) is 4.43. The third kappa shape index (κ3) is 1.31. The van der Waals surface area contributed by atoms with Crippen molar-refractivity contribution < 1.29 is 4.39 Å². The Morgan fingerprint density at radius 3 is 2.86 bits per heavy atom. The zero-order chi connectivity index (χ0) is 10.1. The van der Waals surface area contributed by atoms with Gasteiger partial charge in [-0.2, -0.15) is 0 Å². The van der Waals surface area contributed by atoms with Gasteiger partial charge in [-0.25, -0.2) is 4.39 Å². The first kappa shape index (κ1) is 8.94. The predicted molar refractivity (Wildman–Crippen MR) is 56.4 cm³/mol. The summed E-state index contributed by atoms with van der Waals surface area (Å²) in [6.45, 7) is 1.89. The Bertz CT molecular complexity index is 497. The minimum Gasteiger partial charge on any atom is -0.353 e. The standard InChI is InChI=1S/C11H11FN2/c1-7(13-2)11-6-8-9(12)4-3-5-10(8)14-11/h3-6,14H,1-2H3/b13-7+. The maximum absolute atomic E-state index is 13.3. The molecule has 0 unspecified atom stereocenters. The summed E-state index contributed by atoms with van der Waals surface area (Å²) < 4.78 is 13.3. The Morgan fingerprint density at radius 2 is 2.21 bits per heavy atom. The van der Waals surface area contributed by atoms with Gasteiger partial charge in [0.05, 0.1) is 11.4 Å². The molecule has 72 valence electrons. The van der Waals surface area contributed by atoms with Crippen LogP contribution >= 0.6 is 0 Å². The van der Waals surface area contributed by atoms with Gasteiger partial charge in [0.15, 0.2) is 0 Å². The van der Waals surface area contributed by atoms with Gasteiger partial charge in [-0.1, -0.05) is 6.07 Å². The van der Waals surface area contributed by atoms with Gasteiger partial charge < -0.3 is 4.98 Å². The highest BCUT2D eigenvalue weighted by Gasteiger charge is 2.05. The zero-order valence-corrected chi connectivity index (χ0v) is 8.13. The third-order valence-corrected chi connectivity index (χ3v) is 2.34.